The maximum Gasteiger partial charge on any atom is 0.246 e. The number of rotatable bonds is 15. The summed E-state index contributed by atoms with van der Waals surface area (Å²) in [6.45, 7) is 2.84. The standard InChI is InChI=1S/C19H17NO5.C19H19NO3.C18H17NO3/c21-19(6-3-13-1-4-15-17(9-13)24-11-22-15)20-8-7-14-2-5-16-18(10-14)25-12-23-16;1-20(19(21)10-8-15-5-3-2-4-6-15)12-11-16-7-9-17-18(13-16)23-14-22-17;20-18(9-7-14-4-2-1-3-5-14)19-11-10-15-6-8-16-17(12-15)22-13-21-16/h1-6,9-10H,7-8,11-12H2,(H,20,21);2-10,13H,11-12,14H2,1H3;1-9,12H,10-11,13H2,(H,19,20)/b6-3+;10-8+;9-7+. The highest BCUT2D eigenvalue weighted by Crippen LogP contribution is 2.35. The fourth-order valence-corrected chi connectivity index (χ4v) is 7.26. The topological polar surface area (TPSA) is 152 Å². The number of benzene rings is 6. The molecule has 0 spiro atoms. The van der Waals surface area contributed by atoms with Crippen molar-refractivity contribution in [2.45, 2.75) is 19.3 Å². The van der Waals surface area contributed by atoms with Crippen LogP contribution in [0.25, 0.3) is 18.2 Å². The molecule has 0 fully saturated rings. The number of nitrogens with one attached hydrogen (secondary N) is 2. The summed E-state index contributed by atoms with van der Waals surface area (Å²) in [5, 5.41) is 5.74. The first-order chi connectivity index (χ1) is 34.3. The summed E-state index contributed by atoms with van der Waals surface area (Å²) in [4.78, 5) is 37.5. The molecule has 3 amide bonds. The molecule has 358 valence electrons. The fourth-order valence-electron chi connectivity index (χ4n) is 7.26. The van der Waals surface area contributed by atoms with Crippen molar-refractivity contribution in [2.75, 3.05) is 53.9 Å². The Hall–Kier alpha value is -8.65. The van der Waals surface area contributed by atoms with Gasteiger partial charge in [-0.2, -0.15) is 0 Å². The van der Waals surface area contributed by atoms with Crippen LogP contribution in [0.2, 0.25) is 0 Å². The highest BCUT2D eigenvalue weighted by molar-refractivity contribution is 5.92. The van der Waals surface area contributed by atoms with Gasteiger partial charge in [-0.3, -0.25) is 14.4 Å². The van der Waals surface area contributed by atoms with Gasteiger partial charge in [0.2, 0.25) is 44.9 Å². The zero-order valence-electron chi connectivity index (χ0n) is 38.7. The molecule has 6 aromatic rings. The quantitative estimate of drug-likeness (QED) is 0.0955. The zero-order valence-corrected chi connectivity index (χ0v) is 38.7. The summed E-state index contributed by atoms with van der Waals surface area (Å²) in [6, 6.07) is 42.6. The van der Waals surface area contributed by atoms with E-state index in [1.165, 1.54) is 6.08 Å². The normalized spacial score (nSPS) is 13.1. The Morgan fingerprint density at radius 3 is 1.26 bits per heavy atom. The van der Waals surface area contributed by atoms with Crippen molar-refractivity contribution in [2.24, 2.45) is 0 Å². The Balaban J connectivity index is 0.000000142. The van der Waals surface area contributed by atoms with Gasteiger partial charge in [-0.15, -0.1) is 0 Å². The maximum absolute atomic E-state index is 12.1. The van der Waals surface area contributed by atoms with Crippen LogP contribution >= 0.6 is 0 Å². The molecule has 0 aromatic heterocycles. The maximum atomic E-state index is 12.1. The van der Waals surface area contributed by atoms with Crippen molar-refractivity contribution in [1.82, 2.24) is 15.5 Å². The first-order valence-electron chi connectivity index (χ1n) is 22.8. The number of carbonyl (C=O) groups excluding carboxylic acids is 3. The molecule has 0 saturated carbocycles. The van der Waals surface area contributed by atoms with Crippen LogP contribution in [0.15, 0.2) is 152 Å². The van der Waals surface area contributed by atoms with Crippen molar-refractivity contribution in [3.05, 3.63) is 185 Å². The van der Waals surface area contributed by atoms with Gasteiger partial charge in [-0.25, -0.2) is 0 Å². The van der Waals surface area contributed by atoms with Crippen LogP contribution in [0.3, 0.4) is 0 Å². The van der Waals surface area contributed by atoms with Gasteiger partial charge in [0.25, 0.3) is 0 Å². The third-order valence-corrected chi connectivity index (χ3v) is 11.1. The molecule has 4 aliphatic rings. The van der Waals surface area contributed by atoms with Crippen LogP contribution in [0.1, 0.15) is 33.4 Å². The van der Waals surface area contributed by atoms with Crippen LogP contribution in [-0.4, -0.2) is 76.5 Å². The number of amides is 3. The van der Waals surface area contributed by atoms with Crippen LogP contribution in [-0.2, 0) is 33.6 Å². The molecule has 14 heteroatoms. The van der Waals surface area contributed by atoms with Crippen molar-refractivity contribution in [1.29, 1.82) is 0 Å². The van der Waals surface area contributed by atoms with Gasteiger partial charge in [-0.1, -0.05) is 84.9 Å². The molecule has 4 aliphatic heterocycles. The summed E-state index contributed by atoms with van der Waals surface area (Å²) in [5.74, 6) is 5.81. The highest BCUT2D eigenvalue weighted by atomic mass is 16.7. The third kappa shape index (κ3) is 14.2. The highest BCUT2D eigenvalue weighted by Gasteiger charge is 2.16. The van der Waals surface area contributed by atoms with E-state index in [2.05, 4.69) is 10.6 Å². The molecule has 0 unspecified atom stereocenters. The SMILES string of the molecule is CN(CCc1ccc2c(c1)OCO2)C(=O)/C=C/c1ccccc1.O=C(/C=C/c1ccc2c(c1)OCO2)NCCc1ccc2c(c1)OCO2.O=C(/C=C/c1ccccc1)NCCc1ccc2c(c1)OCO2. The lowest BCUT2D eigenvalue weighted by Crippen LogP contribution is -2.27. The Morgan fingerprint density at radius 2 is 0.800 bits per heavy atom. The van der Waals surface area contributed by atoms with E-state index < -0.39 is 0 Å². The van der Waals surface area contributed by atoms with Crippen molar-refractivity contribution in [3.63, 3.8) is 0 Å². The van der Waals surface area contributed by atoms with Gasteiger partial charge >= 0.3 is 0 Å². The average Bonchev–Trinajstić information content (AvgIpc) is 4.25. The number of hydrogen-bond donors (Lipinski definition) is 2. The van der Waals surface area contributed by atoms with Gasteiger partial charge < -0.3 is 53.4 Å². The number of likely N-dealkylation sites (N-methyl/N-ethyl adjacent to an activating group) is 1. The van der Waals surface area contributed by atoms with Gasteiger partial charge in [0.15, 0.2) is 46.0 Å². The van der Waals surface area contributed by atoms with Crippen LogP contribution in [0.5, 0.6) is 46.0 Å². The second kappa shape index (κ2) is 24.4. The van der Waals surface area contributed by atoms with E-state index in [-0.39, 0.29) is 44.9 Å². The molecule has 0 atom stereocenters. The summed E-state index contributed by atoms with van der Waals surface area (Å²) >= 11 is 0. The molecule has 10 rings (SSSR count). The van der Waals surface area contributed by atoms with Crippen molar-refractivity contribution >= 4 is 35.9 Å². The lowest BCUT2D eigenvalue weighted by molar-refractivity contribution is -0.124. The van der Waals surface area contributed by atoms with Gasteiger partial charge in [0.1, 0.15) is 0 Å². The van der Waals surface area contributed by atoms with E-state index in [1.807, 2.05) is 147 Å². The summed E-state index contributed by atoms with van der Waals surface area (Å²) in [7, 11) is 1.81. The largest absolute Gasteiger partial charge is 0.454 e. The molecule has 6 aromatic carbocycles. The van der Waals surface area contributed by atoms with E-state index in [0.717, 1.165) is 92.9 Å². The third-order valence-electron chi connectivity index (χ3n) is 11.1. The Kier molecular flexibility index (Phi) is 16.7. The predicted octanol–water partition coefficient (Wildman–Crippen LogP) is 8.43. The van der Waals surface area contributed by atoms with E-state index in [9.17, 15) is 14.4 Å². The molecule has 0 bridgehead atoms. The molecule has 0 aliphatic carbocycles. The van der Waals surface area contributed by atoms with Crippen LogP contribution in [0, 0.1) is 0 Å². The van der Waals surface area contributed by atoms with Crippen LogP contribution in [0.4, 0.5) is 0 Å². The summed E-state index contributed by atoms with van der Waals surface area (Å²) in [5.41, 5.74) is 6.23. The number of nitrogens with zero attached hydrogens (tertiary/aromatic N) is 1. The molecular weight excluding hydrogens is 891 g/mol. The van der Waals surface area contributed by atoms with Crippen molar-refractivity contribution in [3.8, 4) is 46.0 Å². The lowest BCUT2D eigenvalue weighted by atomic mass is 10.1. The number of hydrogen-bond acceptors (Lipinski definition) is 11. The first-order valence-corrected chi connectivity index (χ1v) is 22.8. The minimum atomic E-state index is -0.140. The van der Waals surface area contributed by atoms with Crippen molar-refractivity contribution < 1.29 is 52.3 Å². The van der Waals surface area contributed by atoms with E-state index in [4.69, 9.17) is 37.9 Å². The molecule has 14 nitrogen and oxygen atoms in total. The van der Waals surface area contributed by atoms with E-state index in [1.54, 1.807) is 29.2 Å². The number of fused-ring (bicyclic) bond motifs is 4. The monoisotopic (exact) mass is 943 g/mol. The Morgan fingerprint density at radius 1 is 0.429 bits per heavy atom. The molecule has 4 heterocycles. The predicted molar refractivity (Wildman–Crippen MR) is 265 cm³/mol. The Bertz CT molecular complexity index is 2830. The molecule has 0 radical (unpaired) electrons. The Labute approximate surface area is 406 Å². The smallest absolute Gasteiger partial charge is 0.246 e. The fraction of sp³-hybridized carbons (Fsp3) is 0.196. The number of ether oxygens (including phenoxy) is 8. The molecule has 2 N–H and O–H groups in total. The second-order valence-electron chi connectivity index (χ2n) is 16.1. The van der Waals surface area contributed by atoms with Crippen LogP contribution < -0.4 is 48.5 Å². The zero-order chi connectivity index (χ0) is 48.3. The number of carbonyl (C=O) groups is 3. The summed E-state index contributed by atoms with van der Waals surface area (Å²) < 4.78 is 42.5. The molecule has 0 saturated heterocycles. The molecule has 70 heavy (non-hydrogen) atoms. The van der Waals surface area contributed by atoms with E-state index >= 15 is 0 Å². The van der Waals surface area contributed by atoms with E-state index in [0.29, 0.717) is 25.4 Å². The van der Waals surface area contributed by atoms with Gasteiger partial charge in [0.05, 0.1) is 0 Å². The second-order valence-corrected chi connectivity index (χ2v) is 16.1. The minimum Gasteiger partial charge on any atom is -0.454 e. The average molecular weight is 944 g/mol. The first kappa shape index (κ1) is 47.8. The summed E-state index contributed by atoms with van der Waals surface area (Å²) in [6.07, 6.45) is 12.3. The minimum absolute atomic E-state index is 0.00500. The lowest BCUT2D eigenvalue weighted by Gasteiger charge is -2.15. The van der Waals surface area contributed by atoms with Gasteiger partial charge in [-0.05, 0) is 119 Å². The molecular formula is C56H53N3O11. The van der Waals surface area contributed by atoms with Gasteiger partial charge in [0, 0.05) is 44.9 Å².